The van der Waals surface area contributed by atoms with Gasteiger partial charge in [0.1, 0.15) is 6.33 Å². The molecule has 0 aliphatic carbocycles. The molecule has 1 aliphatic rings. The number of rotatable bonds is 9. The summed E-state index contributed by atoms with van der Waals surface area (Å²) in [5.74, 6) is 0.105. The summed E-state index contributed by atoms with van der Waals surface area (Å²) in [5.41, 5.74) is 3.85. The molecule has 1 aliphatic heterocycles. The van der Waals surface area contributed by atoms with E-state index in [0.29, 0.717) is 12.8 Å². The standard InChI is InChI=1S/C20H33N7O/c1-4-9-25-11-13-26(14-12-25)10-5-8-21-19(28)7-6-18-16(2)20-23-22-15-27(20)24-17(18)3/h15H,4-14H2,1-3H3,(H,21,28). The Balaban J connectivity index is 1.35. The van der Waals surface area contributed by atoms with Crippen LogP contribution in [0, 0.1) is 13.8 Å². The SMILES string of the molecule is CCCN1CCN(CCCNC(=O)CCc2c(C)nn3cnnc3c2C)CC1. The Morgan fingerprint density at radius 1 is 1.14 bits per heavy atom. The summed E-state index contributed by atoms with van der Waals surface area (Å²) in [4.78, 5) is 17.3. The Bertz CT molecular complexity index is 780. The Hall–Kier alpha value is -2.06. The van der Waals surface area contributed by atoms with E-state index in [1.165, 1.54) is 26.1 Å². The topological polar surface area (TPSA) is 78.7 Å². The van der Waals surface area contributed by atoms with Crippen LogP contribution in [0.1, 0.15) is 43.0 Å². The number of hydrogen-bond acceptors (Lipinski definition) is 6. The molecule has 28 heavy (non-hydrogen) atoms. The van der Waals surface area contributed by atoms with Gasteiger partial charge >= 0.3 is 0 Å². The normalized spacial score (nSPS) is 16.0. The smallest absolute Gasteiger partial charge is 0.220 e. The van der Waals surface area contributed by atoms with Crippen molar-refractivity contribution in [3.63, 3.8) is 0 Å². The lowest BCUT2D eigenvalue weighted by Gasteiger charge is -2.34. The van der Waals surface area contributed by atoms with Gasteiger partial charge in [-0.1, -0.05) is 6.92 Å². The molecule has 0 bridgehead atoms. The lowest BCUT2D eigenvalue weighted by atomic mass is 10.0. The van der Waals surface area contributed by atoms with E-state index in [-0.39, 0.29) is 5.91 Å². The quantitative estimate of drug-likeness (QED) is 0.652. The first-order valence-corrected chi connectivity index (χ1v) is 10.5. The van der Waals surface area contributed by atoms with Crippen LogP contribution in [0.4, 0.5) is 0 Å². The largest absolute Gasteiger partial charge is 0.356 e. The zero-order chi connectivity index (χ0) is 19.9. The highest BCUT2D eigenvalue weighted by molar-refractivity contribution is 5.76. The van der Waals surface area contributed by atoms with Crippen LogP contribution in [0.5, 0.6) is 0 Å². The number of piperazine rings is 1. The second-order valence-electron chi connectivity index (χ2n) is 7.67. The van der Waals surface area contributed by atoms with Crippen molar-refractivity contribution < 1.29 is 4.79 Å². The number of aryl methyl sites for hydroxylation is 2. The fourth-order valence-corrected chi connectivity index (χ4v) is 3.96. The lowest BCUT2D eigenvalue weighted by molar-refractivity contribution is -0.121. The second kappa shape index (κ2) is 9.93. The molecule has 1 N–H and O–H groups in total. The monoisotopic (exact) mass is 387 g/mol. The van der Waals surface area contributed by atoms with Gasteiger partial charge in [0.05, 0.1) is 5.69 Å². The molecule has 0 saturated carbocycles. The minimum Gasteiger partial charge on any atom is -0.356 e. The number of fused-ring (bicyclic) bond motifs is 1. The molecule has 3 heterocycles. The minimum absolute atomic E-state index is 0.105. The summed E-state index contributed by atoms with van der Waals surface area (Å²) in [6.45, 7) is 13.9. The fraction of sp³-hybridized carbons (Fsp3) is 0.700. The maximum Gasteiger partial charge on any atom is 0.220 e. The predicted molar refractivity (Wildman–Crippen MR) is 109 cm³/mol. The van der Waals surface area contributed by atoms with Gasteiger partial charge in [-0.3, -0.25) is 4.79 Å². The van der Waals surface area contributed by atoms with Crippen molar-refractivity contribution in [1.82, 2.24) is 34.9 Å². The number of carbonyl (C=O) groups excluding carboxylic acids is 1. The predicted octanol–water partition coefficient (Wildman–Crippen LogP) is 1.21. The fourth-order valence-electron chi connectivity index (χ4n) is 3.96. The van der Waals surface area contributed by atoms with E-state index in [0.717, 1.165) is 55.1 Å². The van der Waals surface area contributed by atoms with Crippen LogP contribution in [-0.4, -0.2) is 81.3 Å². The van der Waals surface area contributed by atoms with Crippen molar-refractivity contribution in [2.45, 2.75) is 46.5 Å². The highest BCUT2D eigenvalue weighted by Gasteiger charge is 2.16. The molecule has 8 nitrogen and oxygen atoms in total. The van der Waals surface area contributed by atoms with E-state index >= 15 is 0 Å². The maximum absolute atomic E-state index is 12.2. The zero-order valence-corrected chi connectivity index (χ0v) is 17.4. The highest BCUT2D eigenvalue weighted by Crippen LogP contribution is 2.17. The molecular formula is C20H33N7O. The summed E-state index contributed by atoms with van der Waals surface area (Å²) >= 11 is 0. The molecule has 8 heteroatoms. The first kappa shape index (κ1) is 20.7. The van der Waals surface area contributed by atoms with E-state index in [9.17, 15) is 4.79 Å². The molecule has 1 fully saturated rings. The van der Waals surface area contributed by atoms with Crippen LogP contribution in [0.15, 0.2) is 6.33 Å². The molecule has 0 aromatic carbocycles. The third-order valence-corrected chi connectivity index (χ3v) is 5.59. The van der Waals surface area contributed by atoms with E-state index in [1.807, 2.05) is 13.8 Å². The summed E-state index contributed by atoms with van der Waals surface area (Å²) in [6.07, 6.45) is 5.00. The number of amides is 1. The van der Waals surface area contributed by atoms with Gasteiger partial charge in [-0.05, 0) is 51.8 Å². The maximum atomic E-state index is 12.2. The summed E-state index contributed by atoms with van der Waals surface area (Å²) in [6, 6.07) is 0. The number of hydrogen-bond donors (Lipinski definition) is 1. The van der Waals surface area contributed by atoms with Crippen LogP contribution in [-0.2, 0) is 11.2 Å². The molecule has 0 atom stereocenters. The molecule has 0 radical (unpaired) electrons. The lowest BCUT2D eigenvalue weighted by Crippen LogP contribution is -2.47. The van der Waals surface area contributed by atoms with Crippen molar-refractivity contribution in [1.29, 1.82) is 0 Å². The van der Waals surface area contributed by atoms with E-state index in [1.54, 1.807) is 10.8 Å². The number of nitrogens with one attached hydrogen (secondary N) is 1. The summed E-state index contributed by atoms with van der Waals surface area (Å²) in [5, 5.41) is 15.5. The van der Waals surface area contributed by atoms with Gasteiger partial charge in [-0.25, -0.2) is 4.52 Å². The Morgan fingerprint density at radius 3 is 2.57 bits per heavy atom. The van der Waals surface area contributed by atoms with Crippen molar-refractivity contribution in [3.05, 3.63) is 23.1 Å². The molecule has 0 spiro atoms. The van der Waals surface area contributed by atoms with Crippen molar-refractivity contribution in [2.75, 3.05) is 45.8 Å². The van der Waals surface area contributed by atoms with Gasteiger partial charge in [0.15, 0.2) is 5.65 Å². The van der Waals surface area contributed by atoms with Crippen LogP contribution >= 0.6 is 0 Å². The van der Waals surface area contributed by atoms with Gasteiger partial charge in [-0.15, -0.1) is 10.2 Å². The van der Waals surface area contributed by atoms with Crippen molar-refractivity contribution in [3.8, 4) is 0 Å². The molecule has 3 rings (SSSR count). The number of carbonyl (C=O) groups is 1. The van der Waals surface area contributed by atoms with Gasteiger partial charge in [0.2, 0.25) is 5.91 Å². The minimum atomic E-state index is 0.105. The first-order valence-electron chi connectivity index (χ1n) is 10.5. The first-order chi connectivity index (χ1) is 13.6. The average Bonchev–Trinajstić information content (AvgIpc) is 3.15. The van der Waals surface area contributed by atoms with Gasteiger partial charge in [0.25, 0.3) is 0 Å². The molecule has 154 valence electrons. The number of aromatic nitrogens is 4. The van der Waals surface area contributed by atoms with Gasteiger partial charge in [0, 0.05) is 44.7 Å². The highest BCUT2D eigenvalue weighted by atomic mass is 16.1. The Morgan fingerprint density at radius 2 is 1.86 bits per heavy atom. The molecule has 1 amide bonds. The molecule has 2 aromatic rings. The van der Waals surface area contributed by atoms with Crippen LogP contribution < -0.4 is 5.32 Å². The average molecular weight is 388 g/mol. The Kier molecular flexibility index (Phi) is 7.33. The zero-order valence-electron chi connectivity index (χ0n) is 17.4. The van der Waals surface area contributed by atoms with Crippen molar-refractivity contribution >= 4 is 11.6 Å². The molecule has 1 saturated heterocycles. The molecule has 0 unspecified atom stereocenters. The molecule has 2 aromatic heterocycles. The van der Waals surface area contributed by atoms with Crippen LogP contribution in [0.3, 0.4) is 0 Å². The second-order valence-corrected chi connectivity index (χ2v) is 7.67. The third-order valence-electron chi connectivity index (χ3n) is 5.59. The van der Waals surface area contributed by atoms with Gasteiger partial charge < -0.3 is 15.1 Å². The van der Waals surface area contributed by atoms with Gasteiger partial charge in [-0.2, -0.15) is 5.10 Å². The van der Waals surface area contributed by atoms with E-state index in [2.05, 4.69) is 37.3 Å². The van der Waals surface area contributed by atoms with Crippen molar-refractivity contribution in [2.24, 2.45) is 0 Å². The van der Waals surface area contributed by atoms with E-state index in [4.69, 9.17) is 0 Å². The van der Waals surface area contributed by atoms with Crippen LogP contribution in [0.2, 0.25) is 0 Å². The Labute approximate surface area is 167 Å². The summed E-state index contributed by atoms with van der Waals surface area (Å²) in [7, 11) is 0. The number of nitrogens with zero attached hydrogens (tertiary/aromatic N) is 6. The van der Waals surface area contributed by atoms with E-state index < -0.39 is 0 Å². The summed E-state index contributed by atoms with van der Waals surface area (Å²) < 4.78 is 1.69. The van der Waals surface area contributed by atoms with Crippen LogP contribution in [0.25, 0.3) is 5.65 Å². The third kappa shape index (κ3) is 5.26. The molecular weight excluding hydrogens is 354 g/mol.